The topological polar surface area (TPSA) is 85.0 Å². The number of rotatable bonds is 10. The summed E-state index contributed by atoms with van der Waals surface area (Å²) in [7, 11) is 3.58. The number of hydrogen-bond acceptors (Lipinski definition) is 7. The molecule has 170 valence electrons. The van der Waals surface area contributed by atoms with Crippen LogP contribution in [0.25, 0.3) is 0 Å². The first-order valence-electron chi connectivity index (χ1n) is 10.8. The van der Waals surface area contributed by atoms with E-state index in [1.54, 1.807) is 7.11 Å². The number of aliphatic hydroxyl groups is 1. The van der Waals surface area contributed by atoms with Crippen LogP contribution < -0.4 is 10.1 Å². The van der Waals surface area contributed by atoms with Gasteiger partial charge in [0.1, 0.15) is 29.5 Å². The number of aliphatic imine (C=N–C) groups is 2. The molecule has 0 saturated heterocycles. The van der Waals surface area contributed by atoms with Gasteiger partial charge in [-0.2, -0.15) is 5.10 Å². The summed E-state index contributed by atoms with van der Waals surface area (Å²) in [5.74, 6) is 2.38. The molecule has 31 heavy (non-hydrogen) atoms. The molecule has 9 heteroatoms. The standard InChI is InChI=1S/C22H33ClN6O2/c1-5-7-17-20-21(28(3)27-17)22(26-19(25-20)14-29(6-2)10-11-30)24-13-15-8-9-18(31-4)16(23)12-15/h8-9,12,20-21,30H,5-7,10-11,13-14H2,1-4H3,(H,24,25,26). The first kappa shape index (κ1) is 23.5. The zero-order valence-corrected chi connectivity index (χ0v) is 19.6. The molecule has 0 saturated carbocycles. The Kier molecular flexibility index (Phi) is 8.28. The molecule has 2 heterocycles. The number of methoxy groups -OCH3 is 1. The average molecular weight is 449 g/mol. The number of halogens is 1. The minimum Gasteiger partial charge on any atom is -0.495 e. The first-order chi connectivity index (χ1) is 15.0. The Morgan fingerprint density at radius 2 is 2.16 bits per heavy atom. The minimum atomic E-state index is -0.0352. The number of fused-ring (bicyclic) bond motifs is 1. The third-order valence-electron chi connectivity index (χ3n) is 5.57. The van der Waals surface area contributed by atoms with Crippen molar-refractivity contribution >= 4 is 29.0 Å². The smallest absolute Gasteiger partial charge is 0.137 e. The van der Waals surface area contributed by atoms with Gasteiger partial charge in [-0.1, -0.05) is 37.9 Å². The van der Waals surface area contributed by atoms with Gasteiger partial charge in [-0.3, -0.25) is 19.9 Å². The van der Waals surface area contributed by atoms with Crippen molar-refractivity contribution < 1.29 is 9.84 Å². The number of nitrogens with zero attached hydrogens (tertiary/aromatic N) is 5. The summed E-state index contributed by atoms with van der Waals surface area (Å²) in [6.45, 7) is 6.93. The van der Waals surface area contributed by atoms with Gasteiger partial charge in [-0.25, -0.2) is 0 Å². The molecule has 2 N–H and O–H groups in total. The SMILES string of the molecule is CCCC1=NN(C)C2C(=NCc3ccc(OC)c(Cl)c3)NC(CN(CC)CCO)=NC12. The Morgan fingerprint density at radius 1 is 1.35 bits per heavy atom. The third kappa shape index (κ3) is 5.56. The highest BCUT2D eigenvalue weighted by atomic mass is 35.5. The van der Waals surface area contributed by atoms with E-state index in [2.05, 4.69) is 24.1 Å². The van der Waals surface area contributed by atoms with Crippen LogP contribution in [-0.2, 0) is 6.54 Å². The second kappa shape index (κ2) is 10.9. The van der Waals surface area contributed by atoms with Crippen molar-refractivity contribution in [3.8, 4) is 5.75 Å². The van der Waals surface area contributed by atoms with Crippen LogP contribution in [0.5, 0.6) is 5.75 Å². The molecule has 0 bridgehead atoms. The molecule has 3 rings (SSSR count). The van der Waals surface area contributed by atoms with Crippen molar-refractivity contribution in [2.75, 3.05) is 40.4 Å². The molecule has 0 aliphatic carbocycles. The van der Waals surface area contributed by atoms with Gasteiger partial charge < -0.3 is 15.2 Å². The maximum atomic E-state index is 9.35. The van der Waals surface area contributed by atoms with E-state index in [4.69, 9.17) is 31.4 Å². The van der Waals surface area contributed by atoms with Gasteiger partial charge >= 0.3 is 0 Å². The van der Waals surface area contributed by atoms with E-state index in [-0.39, 0.29) is 18.7 Å². The van der Waals surface area contributed by atoms with Gasteiger partial charge in [0, 0.05) is 13.6 Å². The second-order valence-electron chi connectivity index (χ2n) is 7.77. The predicted molar refractivity (Wildman–Crippen MR) is 127 cm³/mol. The number of likely N-dealkylation sites (N-methyl/N-ethyl adjacent to an activating group) is 2. The van der Waals surface area contributed by atoms with Crippen molar-refractivity contribution in [3.63, 3.8) is 0 Å². The molecule has 0 aromatic heterocycles. The van der Waals surface area contributed by atoms with E-state index in [9.17, 15) is 5.11 Å². The molecule has 8 nitrogen and oxygen atoms in total. The summed E-state index contributed by atoms with van der Waals surface area (Å²) in [5, 5.41) is 20.1. The molecule has 2 aliphatic rings. The Labute approximate surface area is 189 Å². The van der Waals surface area contributed by atoms with Crippen molar-refractivity contribution in [3.05, 3.63) is 28.8 Å². The number of nitrogens with one attached hydrogen (secondary N) is 1. The summed E-state index contributed by atoms with van der Waals surface area (Å²) < 4.78 is 5.24. The number of ether oxygens (including phenoxy) is 1. The van der Waals surface area contributed by atoms with Gasteiger partial charge in [0.05, 0.1) is 37.5 Å². The lowest BCUT2D eigenvalue weighted by Gasteiger charge is -2.32. The van der Waals surface area contributed by atoms with Crippen LogP contribution >= 0.6 is 11.6 Å². The van der Waals surface area contributed by atoms with Gasteiger partial charge in [-0.15, -0.1) is 0 Å². The van der Waals surface area contributed by atoms with Crippen LogP contribution in [0.2, 0.25) is 5.02 Å². The van der Waals surface area contributed by atoms with Crippen LogP contribution in [0, 0.1) is 0 Å². The predicted octanol–water partition coefficient (Wildman–Crippen LogP) is 2.40. The molecule has 0 radical (unpaired) electrons. The molecule has 1 aromatic rings. The van der Waals surface area contributed by atoms with Crippen LogP contribution in [0.4, 0.5) is 0 Å². The zero-order valence-electron chi connectivity index (χ0n) is 18.8. The van der Waals surface area contributed by atoms with Crippen LogP contribution in [0.3, 0.4) is 0 Å². The maximum absolute atomic E-state index is 9.35. The lowest BCUT2D eigenvalue weighted by Crippen LogP contribution is -2.56. The molecule has 2 atom stereocenters. The summed E-state index contributed by atoms with van der Waals surface area (Å²) >= 11 is 6.28. The molecular formula is C22H33ClN6O2. The average Bonchev–Trinajstić information content (AvgIpc) is 3.07. The molecule has 0 spiro atoms. The van der Waals surface area contributed by atoms with Gasteiger partial charge in [0.25, 0.3) is 0 Å². The lowest BCUT2D eigenvalue weighted by molar-refractivity contribution is 0.217. The fourth-order valence-electron chi connectivity index (χ4n) is 3.96. The van der Waals surface area contributed by atoms with Gasteiger partial charge in [-0.05, 0) is 30.7 Å². The van der Waals surface area contributed by atoms with Crippen molar-refractivity contribution in [2.24, 2.45) is 15.1 Å². The van der Waals surface area contributed by atoms with Gasteiger partial charge in [0.15, 0.2) is 0 Å². The molecule has 1 aromatic carbocycles. The van der Waals surface area contributed by atoms with E-state index in [1.165, 1.54) is 0 Å². The Hall–Kier alpha value is -2.16. The quantitative estimate of drug-likeness (QED) is 0.574. The fraction of sp³-hybridized carbons (Fsp3) is 0.591. The highest BCUT2D eigenvalue weighted by Gasteiger charge is 2.41. The zero-order chi connectivity index (χ0) is 22.4. The molecular weight excluding hydrogens is 416 g/mol. The minimum absolute atomic E-state index is 0.0350. The van der Waals surface area contributed by atoms with Crippen LogP contribution in [0.1, 0.15) is 32.3 Å². The van der Waals surface area contributed by atoms with E-state index in [0.29, 0.717) is 30.4 Å². The van der Waals surface area contributed by atoms with Crippen molar-refractivity contribution in [1.82, 2.24) is 15.2 Å². The first-order valence-corrected chi connectivity index (χ1v) is 11.2. The molecule has 2 aliphatic heterocycles. The summed E-state index contributed by atoms with van der Waals surface area (Å²) in [5.41, 5.74) is 2.10. The van der Waals surface area contributed by atoms with E-state index < -0.39 is 0 Å². The van der Waals surface area contributed by atoms with E-state index in [0.717, 1.165) is 42.3 Å². The fourth-order valence-corrected chi connectivity index (χ4v) is 4.24. The van der Waals surface area contributed by atoms with Crippen LogP contribution in [-0.4, -0.2) is 84.9 Å². The normalized spacial score (nSPS) is 21.8. The number of hydrogen-bond donors (Lipinski definition) is 2. The number of aliphatic hydroxyl groups excluding tert-OH is 1. The maximum Gasteiger partial charge on any atom is 0.137 e. The van der Waals surface area contributed by atoms with Crippen molar-refractivity contribution in [2.45, 2.75) is 45.3 Å². The highest BCUT2D eigenvalue weighted by Crippen LogP contribution is 2.26. The largest absolute Gasteiger partial charge is 0.495 e. The lowest BCUT2D eigenvalue weighted by atomic mass is 9.98. The summed E-state index contributed by atoms with van der Waals surface area (Å²) in [6, 6.07) is 5.65. The third-order valence-corrected chi connectivity index (χ3v) is 5.86. The van der Waals surface area contributed by atoms with Crippen molar-refractivity contribution in [1.29, 1.82) is 0 Å². The van der Waals surface area contributed by atoms with Gasteiger partial charge in [0.2, 0.25) is 0 Å². The monoisotopic (exact) mass is 448 g/mol. The molecule has 0 fully saturated rings. The number of hydrazone groups is 1. The Morgan fingerprint density at radius 3 is 2.81 bits per heavy atom. The number of benzene rings is 1. The number of amidine groups is 2. The molecule has 2 unspecified atom stereocenters. The summed E-state index contributed by atoms with van der Waals surface area (Å²) in [6.07, 6.45) is 1.94. The van der Waals surface area contributed by atoms with Crippen LogP contribution in [0.15, 0.2) is 33.3 Å². The summed E-state index contributed by atoms with van der Waals surface area (Å²) in [4.78, 5) is 12.1. The molecule has 0 amide bonds. The van der Waals surface area contributed by atoms with E-state index in [1.807, 2.05) is 30.3 Å². The second-order valence-corrected chi connectivity index (χ2v) is 8.18. The Bertz CT molecular complexity index is 856. The van der Waals surface area contributed by atoms with E-state index >= 15 is 0 Å². The highest BCUT2D eigenvalue weighted by molar-refractivity contribution is 6.32. The Balaban J connectivity index is 1.85.